The first-order valence-corrected chi connectivity index (χ1v) is 10.5. The molecule has 0 saturated heterocycles. The summed E-state index contributed by atoms with van der Waals surface area (Å²) in [5.41, 5.74) is 2.74. The van der Waals surface area contributed by atoms with Gasteiger partial charge in [-0.1, -0.05) is 41.9 Å². The Kier molecular flexibility index (Phi) is 5.18. The Morgan fingerprint density at radius 1 is 1.23 bits per heavy atom. The number of aryl methyl sites for hydroxylation is 1. The number of carbonyl (C=O) groups is 1. The first-order valence-electron chi connectivity index (χ1n) is 9.10. The number of aromatic nitrogens is 2. The van der Waals surface area contributed by atoms with E-state index in [0.29, 0.717) is 27.9 Å². The molecule has 0 aliphatic heterocycles. The van der Waals surface area contributed by atoms with Gasteiger partial charge in [0.15, 0.2) is 5.16 Å². The van der Waals surface area contributed by atoms with Gasteiger partial charge in [-0.15, -0.1) is 0 Å². The molecular weight excluding hydrogens is 366 g/mol. The second-order valence-electron chi connectivity index (χ2n) is 7.32. The highest BCUT2D eigenvalue weighted by Gasteiger charge is 2.39. The number of fused-ring (bicyclic) bond motifs is 2. The highest BCUT2D eigenvalue weighted by atomic mass is 35.5. The van der Waals surface area contributed by atoms with Crippen LogP contribution in [-0.2, 0) is 4.79 Å². The Morgan fingerprint density at radius 3 is 2.73 bits per heavy atom. The predicted molar refractivity (Wildman–Crippen MR) is 105 cm³/mol. The van der Waals surface area contributed by atoms with Gasteiger partial charge in [0.05, 0.1) is 11.4 Å². The number of hydrogen-bond donors (Lipinski definition) is 1. The van der Waals surface area contributed by atoms with Crippen molar-refractivity contribution in [2.24, 2.45) is 11.8 Å². The van der Waals surface area contributed by atoms with E-state index >= 15 is 0 Å². The van der Waals surface area contributed by atoms with E-state index in [4.69, 9.17) is 11.6 Å². The van der Waals surface area contributed by atoms with Crippen LogP contribution in [-0.4, -0.2) is 27.7 Å². The fourth-order valence-corrected chi connectivity index (χ4v) is 5.02. The summed E-state index contributed by atoms with van der Waals surface area (Å²) in [4.78, 5) is 21.4. The van der Waals surface area contributed by atoms with Crippen LogP contribution >= 0.6 is 23.4 Å². The fourth-order valence-electron chi connectivity index (χ4n) is 4.17. The minimum absolute atomic E-state index is 0.0886. The summed E-state index contributed by atoms with van der Waals surface area (Å²) >= 11 is 7.36. The highest BCUT2D eigenvalue weighted by Crippen LogP contribution is 2.44. The summed E-state index contributed by atoms with van der Waals surface area (Å²) in [7, 11) is 0. The molecule has 1 aromatic heterocycles. The zero-order valence-corrected chi connectivity index (χ0v) is 16.3. The number of thioether (sulfide) groups is 1. The highest BCUT2D eigenvalue weighted by molar-refractivity contribution is 7.99. The van der Waals surface area contributed by atoms with Crippen LogP contribution in [0.1, 0.15) is 31.4 Å². The molecule has 6 heteroatoms. The van der Waals surface area contributed by atoms with Crippen LogP contribution in [0.25, 0.3) is 11.3 Å². The summed E-state index contributed by atoms with van der Waals surface area (Å²) in [5, 5.41) is 4.56. The quantitative estimate of drug-likeness (QED) is 0.606. The van der Waals surface area contributed by atoms with E-state index in [1.54, 1.807) is 0 Å². The molecule has 1 heterocycles. The molecule has 2 aliphatic rings. The van der Waals surface area contributed by atoms with Crippen molar-refractivity contribution in [3.8, 4) is 11.3 Å². The van der Waals surface area contributed by atoms with Gasteiger partial charge in [0.1, 0.15) is 0 Å². The summed E-state index contributed by atoms with van der Waals surface area (Å²) in [6, 6.07) is 9.92. The second kappa shape index (κ2) is 7.57. The lowest BCUT2D eigenvalue weighted by Crippen LogP contribution is -2.39. The molecule has 2 aliphatic carbocycles. The molecule has 0 spiro atoms. The van der Waals surface area contributed by atoms with Crippen LogP contribution in [0.2, 0.25) is 5.02 Å². The molecule has 1 aromatic carbocycles. The van der Waals surface area contributed by atoms with Crippen molar-refractivity contribution in [1.29, 1.82) is 0 Å². The van der Waals surface area contributed by atoms with Crippen molar-refractivity contribution >= 4 is 29.3 Å². The van der Waals surface area contributed by atoms with E-state index in [1.807, 2.05) is 37.3 Å². The molecule has 136 valence electrons. The third kappa shape index (κ3) is 4.04. The van der Waals surface area contributed by atoms with E-state index in [9.17, 15) is 4.79 Å². The lowest BCUT2D eigenvalue weighted by molar-refractivity contribution is -0.119. The second-order valence-corrected chi connectivity index (χ2v) is 8.70. The first-order chi connectivity index (χ1) is 12.6. The number of rotatable bonds is 5. The molecule has 3 atom stereocenters. The van der Waals surface area contributed by atoms with Crippen LogP contribution < -0.4 is 5.32 Å². The fraction of sp³-hybridized carbons (Fsp3) is 0.450. The molecule has 26 heavy (non-hydrogen) atoms. The normalized spacial score (nSPS) is 24.0. The van der Waals surface area contributed by atoms with E-state index in [-0.39, 0.29) is 5.91 Å². The molecule has 1 N–H and O–H groups in total. The van der Waals surface area contributed by atoms with Gasteiger partial charge in [-0.25, -0.2) is 9.97 Å². The monoisotopic (exact) mass is 387 g/mol. The lowest BCUT2D eigenvalue weighted by Gasteiger charge is -2.22. The maximum atomic E-state index is 12.3. The molecule has 2 bridgehead atoms. The maximum Gasteiger partial charge on any atom is 0.230 e. The molecule has 0 radical (unpaired) electrons. The van der Waals surface area contributed by atoms with Crippen molar-refractivity contribution in [3.63, 3.8) is 0 Å². The van der Waals surface area contributed by atoms with Crippen molar-refractivity contribution in [3.05, 3.63) is 41.0 Å². The van der Waals surface area contributed by atoms with Gasteiger partial charge < -0.3 is 5.32 Å². The van der Waals surface area contributed by atoms with Gasteiger partial charge in [-0.3, -0.25) is 4.79 Å². The number of hydrogen-bond acceptors (Lipinski definition) is 4. The number of carbonyl (C=O) groups excluding carboxylic acids is 1. The van der Waals surface area contributed by atoms with Gasteiger partial charge in [-0.2, -0.15) is 0 Å². The number of benzene rings is 1. The van der Waals surface area contributed by atoms with E-state index in [0.717, 1.165) is 29.3 Å². The molecule has 1 amide bonds. The average Bonchev–Trinajstić information content (AvgIpc) is 3.23. The first kappa shape index (κ1) is 17.8. The molecule has 2 aromatic rings. The third-order valence-corrected chi connectivity index (χ3v) is 6.49. The Labute approximate surface area is 163 Å². The Bertz CT molecular complexity index is 811. The minimum atomic E-state index is 0.0886. The van der Waals surface area contributed by atoms with Crippen molar-refractivity contribution < 1.29 is 4.79 Å². The Hall–Kier alpha value is -1.59. The minimum Gasteiger partial charge on any atom is -0.352 e. The van der Waals surface area contributed by atoms with Crippen molar-refractivity contribution in [1.82, 2.24) is 15.3 Å². The molecule has 4 rings (SSSR count). The SMILES string of the molecule is Cc1cc(-c2ccc(Cl)cc2)nc(SCC(=O)N[C@H]2C[C@H]3CC[C@@H]2C3)n1. The van der Waals surface area contributed by atoms with Gasteiger partial charge in [0.25, 0.3) is 0 Å². The van der Waals surface area contributed by atoms with Crippen LogP contribution in [0, 0.1) is 18.8 Å². The standard InChI is InChI=1S/C20H22ClN3OS/c1-12-8-17(14-4-6-16(21)7-5-14)24-20(22-12)26-11-19(25)23-18-10-13-2-3-15(18)9-13/h4-8,13,15,18H,2-3,9-11H2,1H3,(H,23,25)/t13-,15+,18-/m0/s1. The van der Waals surface area contributed by atoms with Crippen molar-refractivity contribution in [2.75, 3.05) is 5.75 Å². The van der Waals surface area contributed by atoms with Gasteiger partial charge in [0, 0.05) is 22.3 Å². The summed E-state index contributed by atoms with van der Waals surface area (Å²) in [6.07, 6.45) is 5.07. The number of nitrogens with zero attached hydrogens (tertiary/aromatic N) is 2. The molecule has 2 saturated carbocycles. The third-order valence-electron chi connectivity index (χ3n) is 5.39. The summed E-state index contributed by atoms with van der Waals surface area (Å²) in [5.74, 6) is 1.98. The Balaban J connectivity index is 1.38. The summed E-state index contributed by atoms with van der Waals surface area (Å²) < 4.78 is 0. The van der Waals surface area contributed by atoms with Crippen LogP contribution in [0.15, 0.2) is 35.5 Å². The molecular formula is C20H22ClN3OS. The molecule has 2 fully saturated rings. The molecule has 0 unspecified atom stereocenters. The summed E-state index contributed by atoms with van der Waals surface area (Å²) in [6.45, 7) is 1.94. The largest absolute Gasteiger partial charge is 0.352 e. The zero-order valence-electron chi connectivity index (χ0n) is 14.7. The van der Waals surface area contributed by atoms with Gasteiger partial charge >= 0.3 is 0 Å². The number of amides is 1. The van der Waals surface area contributed by atoms with Crippen LogP contribution in [0.4, 0.5) is 0 Å². The van der Waals surface area contributed by atoms with E-state index in [1.165, 1.54) is 31.0 Å². The zero-order chi connectivity index (χ0) is 18.1. The van der Waals surface area contributed by atoms with Crippen molar-refractivity contribution in [2.45, 2.75) is 43.8 Å². The predicted octanol–water partition coefficient (Wildman–Crippen LogP) is 4.50. The number of halogens is 1. The topological polar surface area (TPSA) is 54.9 Å². The average molecular weight is 388 g/mol. The van der Waals surface area contributed by atoms with E-state index in [2.05, 4.69) is 15.3 Å². The smallest absolute Gasteiger partial charge is 0.230 e. The molecule has 4 nitrogen and oxygen atoms in total. The van der Waals surface area contributed by atoms with Crippen LogP contribution in [0.5, 0.6) is 0 Å². The number of nitrogens with one attached hydrogen (secondary N) is 1. The lowest BCUT2D eigenvalue weighted by atomic mass is 9.95. The van der Waals surface area contributed by atoms with Gasteiger partial charge in [-0.05, 0) is 56.2 Å². The van der Waals surface area contributed by atoms with E-state index < -0.39 is 0 Å². The maximum absolute atomic E-state index is 12.3. The van der Waals surface area contributed by atoms with Gasteiger partial charge in [0.2, 0.25) is 5.91 Å². The Morgan fingerprint density at radius 2 is 2.04 bits per heavy atom. The van der Waals surface area contributed by atoms with Crippen LogP contribution in [0.3, 0.4) is 0 Å².